The number of aryl methyl sites for hydroxylation is 1. The summed E-state index contributed by atoms with van der Waals surface area (Å²) >= 11 is 1.62. The lowest BCUT2D eigenvalue weighted by atomic mass is 10.1. The van der Waals surface area contributed by atoms with Gasteiger partial charge in [-0.1, -0.05) is 48.2 Å². The molecule has 0 spiro atoms. The van der Waals surface area contributed by atoms with E-state index in [2.05, 4.69) is 40.7 Å². The molecule has 0 saturated heterocycles. The van der Waals surface area contributed by atoms with Gasteiger partial charge in [-0.2, -0.15) is 0 Å². The van der Waals surface area contributed by atoms with Crippen LogP contribution in [0.1, 0.15) is 18.1 Å². The van der Waals surface area contributed by atoms with Crippen LogP contribution in [0, 0.1) is 12.7 Å². The first-order valence-corrected chi connectivity index (χ1v) is 8.54. The molecular formula is C18H18FN3S. The second-order valence-corrected chi connectivity index (χ2v) is 6.22. The predicted octanol–water partition coefficient (Wildman–Crippen LogP) is 4.70. The number of halogens is 1. The molecule has 1 heterocycles. The van der Waals surface area contributed by atoms with Crippen LogP contribution in [0.4, 0.5) is 4.39 Å². The molecule has 0 aliphatic heterocycles. The van der Waals surface area contributed by atoms with Crippen LogP contribution in [0.25, 0.3) is 11.4 Å². The van der Waals surface area contributed by atoms with E-state index in [1.54, 1.807) is 23.9 Å². The highest BCUT2D eigenvalue weighted by Crippen LogP contribution is 2.27. The summed E-state index contributed by atoms with van der Waals surface area (Å²) in [6.07, 6.45) is 0. The molecule has 3 nitrogen and oxygen atoms in total. The number of hydrogen-bond acceptors (Lipinski definition) is 3. The van der Waals surface area contributed by atoms with Crippen molar-refractivity contribution in [2.75, 3.05) is 0 Å². The molecule has 23 heavy (non-hydrogen) atoms. The Morgan fingerprint density at radius 1 is 1.04 bits per heavy atom. The monoisotopic (exact) mass is 327 g/mol. The van der Waals surface area contributed by atoms with Crippen LogP contribution in [0.3, 0.4) is 0 Å². The summed E-state index contributed by atoms with van der Waals surface area (Å²) in [7, 11) is 0. The number of rotatable bonds is 5. The molecule has 1 aromatic heterocycles. The van der Waals surface area contributed by atoms with E-state index in [1.807, 2.05) is 12.1 Å². The van der Waals surface area contributed by atoms with Gasteiger partial charge in [-0.25, -0.2) is 4.39 Å². The zero-order valence-electron chi connectivity index (χ0n) is 13.2. The van der Waals surface area contributed by atoms with Crippen LogP contribution >= 0.6 is 11.8 Å². The average Bonchev–Trinajstić information content (AvgIpc) is 2.97. The van der Waals surface area contributed by atoms with E-state index < -0.39 is 0 Å². The highest BCUT2D eigenvalue weighted by molar-refractivity contribution is 7.98. The van der Waals surface area contributed by atoms with Crippen molar-refractivity contribution in [1.29, 1.82) is 0 Å². The Morgan fingerprint density at radius 3 is 2.48 bits per heavy atom. The summed E-state index contributed by atoms with van der Waals surface area (Å²) in [6.45, 7) is 4.98. The Morgan fingerprint density at radius 2 is 1.78 bits per heavy atom. The normalized spacial score (nSPS) is 10.9. The summed E-state index contributed by atoms with van der Waals surface area (Å²) in [6, 6.07) is 14.8. The van der Waals surface area contributed by atoms with Gasteiger partial charge in [0.05, 0.1) is 0 Å². The maximum atomic E-state index is 13.0. The predicted molar refractivity (Wildman–Crippen MR) is 91.8 cm³/mol. The molecule has 0 saturated carbocycles. The van der Waals surface area contributed by atoms with Gasteiger partial charge in [-0.15, -0.1) is 10.2 Å². The van der Waals surface area contributed by atoms with Gasteiger partial charge in [0.15, 0.2) is 11.0 Å². The zero-order chi connectivity index (χ0) is 16.2. The number of aromatic nitrogens is 3. The lowest BCUT2D eigenvalue weighted by molar-refractivity contribution is 0.627. The van der Waals surface area contributed by atoms with Crippen LogP contribution in [0.2, 0.25) is 0 Å². The van der Waals surface area contributed by atoms with Gasteiger partial charge in [-0.05, 0) is 37.1 Å². The third-order valence-electron chi connectivity index (χ3n) is 3.70. The minimum absolute atomic E-state index is 0.211. The number of benzene rings is 2. The van der Waals surface area contributed by atoms with E-state index >= 15 is 0 Å². The van der Waals surface area contributed by atoms with Crippen LogP contribution in [0.15, 0.2) is 53.7 Å². The van der Waals surface area contributed by atoms with Crippen molar-refractivity contribution in [3.63, 3.8) is 0 Å². The van der Waals surface area contributed by atoms with E-state index in [-0.39, 0.29) is 5.82 Å². The molecule has 3 aromatic rings. The first kappa shape index (κ1) is 15.7. The molecule has 0 aliphatic rings. The van der Waals surface area contributed by atoms with Crippen molar-refractivity contribution in [2.45, 2.75) is 31.3 Å². The topological polar surface area (TPSA) is 30.7 Å². The lowest BCUT2D eigenvalue weighted by Gasteiger charge is -2.09. The fraction of sp³-hybridized carbons (Fsp3) is 0.222. The molecule has 5 heteroatoms. The fourth-order valence-corrected chi connectivity index (χ4v) is 3.39. The number of hydrogen-bond donors (Lipinski definition) is 0. The molecule has 118 valence electrons. The van der Waals surface area contributed by atoms with Gasteiger partial charge < -0.3 is 4.57 Å². The van der Waals surface area contributed by atoms with Crippen molar-refractivity contribution in [2.24, 2.45) is 0 Å². The highest BCUT2D eigenvalue weighted by Gasteiger charge is 2.14. The molecule has 0 amide bonds. The first-order chi connectivity index (χ1) is 11.2. The van der Waals surface area contributed by atoms with Gasteiger partial charge in [0.1, 0.15) is 5.82 Å². The van der Waals surface area contributed by atoms with Gasteiger partial charge >= 0.3 is 0 Å². The summed E-state index contributed by atoms with van der Waals surface area (Å²) in [5.74, 6) is 1.43. The molecule has 0 fully saturated rings. The molecule has 2 aromatic carbocycles. The molecule has 3 rings (SSSR count). The van der Waals surface area contributed by atoms with Crippen molar-refractivity contribution < 1.29 is 4.39 Å². The molecule has 0 radical (unpaired) electrons. The SMILES string of the molecule is CCn1c(SCc2ccc(F)cc2)nnc1-c1ccccc1C. The standard InChI is InChI=1S/C18H18FN3S/c1-3-22-17(16-7-5-4-6-13(16)2)20-21-18(22)23-12-14-8-10-15(19)11-9-14/h4-11H,3,12H2,1-2H3. The van der Waals surface area contributed by atoms with Gasteiger partial charge in [-0.3, -0.25) is 0 Å². The maximum absolute atomic E-state index is 13.0. The fourth-order valence-electron chi connectivity index (χ4n) is 2.43. The van der Waals surface area contributed by atoms with Crippen LogP contribution in [-0.2, 0) is 12.3 Å². The Bertz CT molecular complexity index is 796. The molecule has 0 aliphatic carbocycles. The molecular weight excluding hydrogens is 309 g/mol. The maximum Gasteiger partial charge on any atom is 0.191 e. The van der Waals surface area contributed by atoms with Crippen molar-refractivity contribution in [1.82, 2.24) is 14.8 Å². The van der Waals surface area contributed by atoms with E-state index in [1.165, 1.54) is 17.7 Å². The number of nitrogens with zero attached hydrogens (tertiary/aromatic N) is 3. The van der Waals surface area contributed by atoms with E-state index in [0.29, 0.717) is 0 Å². The molecule has 0 N–H and O–H groups in total. The van der Waals surface area contributed by atoms with E-state index in [9.17, 15) is 4.39 Å². The lowest BCUT2D eigenvalue weighted by Crippen LogP contribution is -2.00. The Hall–Kier alpha value is -2.14. The van der Waals surface area contributed by atoms with Crippen molar-refractivity contribution in [3.05, 3.63) is 65.5 Å². The molecule has 0 atom stereocenters. The Kier molecular flexibility index (Phi) is 4.76. The smallest absolute Gasteiger partial charge is 0.191 e. The van der Waals surface area contributed by atoms with Gasteiger partial charge in [0.25, 0.3) is 0 Å². The summed E-state index contributed by atoms with van der Waals surface area (Å²) in [5, 5.41) is 9.60. The third kappa shape index (κ3) is 3.45. The van der Waals surface area contributed by atoms with E-state index in [4.69, 9.17) is 0 Å². The summed E-state index contributed by atoms with van der Waals surface area (Å²) in [5.41, 5.74) is 3.36. The van der Waals surface area contributed by atoms with Gasteiger partial charge in [0, 0.05) is 17.9 Å². The van der Waals surface area contributed by atoms with Crippen molar-refractivity contribution >= 4 is 11.8 Å². The van der Waals surface area contributed by atoms with Crippen LogP contribution in [0.5, 0.6) is 0 Å². The molecule has 0 bridgehead atoms. The quantitative estimate of drug-likeness (QED) is 0.636. The summed E-state index contributed by atoms with van der Waals surface area (Å²) in [4.78, 5) is 0. The minimum atomic E-state index is -0.211. The second-order valence-electron chi connectivity index (χ2n) is 5.28. The Labute approximate surface area is 139 Å². The molecule has 0 unspecified atom stereocenters. The average molecular weight is 327 g/mol. The Balaban J connectivity index is 1.84. The van der Waals surface area contributed by atoms with Crippen LogP contribution in [-0.4, -0.2) is 14.8 Å². The third-order valence-corrected chi connectivity index (χ3v) is 4.74. The first-order valence-electron chi connectivity index (χ1n) is 7.55. The van der Waals surface area contributed by atoms with E-state index in [0.717, 1.165) is 34.4 Å². The summed E-state index contributed by atoms with van der Waals surface area (Å²) < 4.78 is 15.1. The zero-order valence-corrected chi connectivity index (χ0v) is 14.0. The van der Waals surface area contributed by atoms with Crippen LogP contribution < -0.4 is 0 Å². The van der Waals surface area contributed by atoms with Gasteiger partial charge in [0.2, 0.25) is 0 Å². The largest absolute Gasteiger partial charge is 0.302 e. The minimum Gasteiger partial charge on any atom is -0.302 e. The number of thioether (sulfide) groups is 1. The van der Waals surface area contributed by atoms with Crippen molar-refractivity contribution in [3.8, 4) is 11.4 Å². The second kappa shape index (κ2) is 6.96. The highest BCUT2D eigenvalue weighted by atomic mass is 32.2.